The van der Waals surface area contributed by atoms with Gasteiger partial charge in [-0.05, 0) is 50.1 Å². The summed E-state index contributed by atoms with van der Waals surface area (Å²) in [6.07, 6.45) is 3.30. The van der Waals surface area contributed by atoms with Gasteiger partial charge in [0.05, 0.1) is 0 Å². The molecule has 2 aliphatic rings. The van der Waals surface area contributed by atoms with E-state index in [1.807, 2.05) is 4.90 Å². The lowest BCUT2D eigenvalue weighted by molar-refractivity contribution is 0.0965. The lowest BCUT2D eigenvalue weighted by atomic mass is 10.0. The van der Waals surface area contributed by atoms with Crippen molar-refractivity contribution >= 4 is 24.2 Å². The molecular formula is C18H25ClFN3O2. The minimum absolute atomic E-state index is 0. The number of urea groups is 1. The highest BCUT2D eigenvalue weighted by molar-refractivity contribution is 5.95. The van der Waals surface area contributed by atoms with E-state index in [1.165, 1.54) is 12.1 Å². The molecule has 2 amide bonds. The van der Waals surface area contributed by atoms with Gasteiger partial charge in [0, 0.05) is 44.2 Å². The first kappa shape index (κ1) is 19.7. The van der Waals surface area contributed by atoms with E-state index < -0.39 is 0 Å². The first-order valence-electron chi connectivity index (χ1n) is 8.69. The number of Topliss-reactive ketones (excluding diaryl/α,β-unsaturated/α-hetero) is 1. The second-order valence-corrected chi connectivity index (χ2v) is 6.53. The van der Waals surface area contributed by atoms with Crippen LogP contribution in [0.4, 0.5) is 9.18 Å². The zero-order valence-corrected chi connectivity index (χ0v) is 15.1. The molecule has 5 nitrogen and oxygen atoms in total. The van der Waals surface area contributed by atoms with Crippen LogP contribution in [0.1, 0.15) is 36.0 Å². The van der Waals surface area contributed by atoms with E-state index in [0.29, 0.717) is 18.0 Å². The van der Waals surface area contributed by atoms with E-state index in [-0.39, 0.29) is 30.0 Å². The first-order valence-corrected chi connectivity index (χ1v) is 8.69. The lowest BCUT2D eigenvalue weighted by Crippen LogP contribution is -2.46. The van der Waals surface area contributed by atoms with E-state index in [2.05, 4.69) is 10.2 Å². The van der Waals surface area contributed by atoms with Gasteiger partial charge in [-0.3, -0.25) is 4.79 Å². The van der Waals surface area contributed by atoms with E-state index in [0.717, 1.165) is 52.0 Å². The first-order chi connectivity index (χ1) is 11.6. The number of halogens is 2. The summed E-state index contributed by atoms with van der Waals surface area (Å²) in [6.45, 7) is 4.41. The Morgan fingerprint density at radius 3 is 2.44 bits per heavy atom. The fourth-order valence-corrected chi connectivity index (χ4v) is 3.53. The number of ketones is 1. The molecule has 0 aliphatic carbocycles. The maximum absolute atomic E-state index is 12.9. The number of likely N-dealkylation sites (tertiary alicyclic amines) is 1. The largest absolute Gasteiger partial charge is 0.336 e. The molecule has 2 aliphatic heterocycles. The number of hydrogen-bond acceptors (Lipinski definition) is 3. The van der Waals surface area contributed by atoms with E-state index >= 15 is 0 Å². The van der Waals surface area contributed by atoms with Gasteiger partial charge in [0.25, 0.3) is 0 Å². The summed E-state index contributed by atoms with van der Waals surface area (Å²) < 4.78 is 12.9. The van der Waals surface area contributed by atoms with Crippen molar-refractivity contribution in [1.82, 2.24) is 15.1 Å². The van der Waals surface area contributed by atoms with Crippen LogP contribution < -0.4 is 5.32 Å². The van der Waals surface area contributed by atoms with Crippen molar-refractivity contribution in [2.45, 2.75) is 31.7 Å². The van der Waals surface area contributed by atoms with Gasteiger partial charge in [-0.2, -0.15) is 0 Å². The van der Waals surface area contributed by atoms with Crippen LogP contribution in [0.3, 0.4) is 0 Å². The van der Waals surface area contributed by atoms with Crippen LogP contribution in [0.2, 0.25) is 0 Å². The van der Waals surface area contributed by atoms with Gasteiger partial charge in [-0.25, -0.2) is 9.18 Å². The third-order valence-electron chi connectivity index (χ3n) is 4.93. The topological polar surface area (TPSA) is 52.7 Å². The smallest absolute Gasteiger partial charge is 0.317 e. The minimum atomic E-state index is -0.318. The fourth-order valence-electron chi connectivity index (χ4n) is 3.53. The quantitative estimate of drug-likeness (QED) is 0.784. The third-order valence-corrected chi connectivity index (χ3v) is 4.93. The summed E-state index contributed by atoms with van der Waals surface area (Å²) in [4.78, 5) is 28.1. The number of rotatable bonds is 6. The van der Waals surface area contributed by atoms with Gasteiger partial charge < -0.3 is 15.1 Å². The summed E-state index contributed by atoms with van der Waals surface area (Å²) in [5.41, 5.74) is 0.579. The molecule has 2 saturated heterocycles. The Morgan fingerprint density at radius 2 is 1.84 bits per heavy atom. The van der Waals surface area contributed by atoms with Gasteiger partial charge in [0.2, 0.25) is 0 Å². The van der Waals surface area contributed by atoms with Crippen LogP contribution in [-0.4, -0.2) is 60.4 Å². The number of carbonyl (C=O) groups is 2. The minimum Gasteiger partial charge on any atom is -0.336 e. The average Bonchev–Trinajstić information content (AvgIpc) is 3.02. The molecule has 7 heteroatoms. The monoisotopic (exact) mass is 369 g/mol. The second-order valence-electron chi connectivity index (χ2n) is 6.53. The zero-order valence-electron chi connectivity index (χ0n) is 14.2. The van der Waals surface area contributed by atoms with Crippen molar-refractivity contribution in [2.24, 2.45) is 0 Å². The SMILES string of the molecule is Cl.O=C(CCCN1CCC(N2CCNC2=O)CC1)c1ccc(F)cc1. The van der Waals surface area contributed by atoms with E-state index in [1.54, 1.807) is 12.1 Å². The van der Waals surface area contributed by atoms with Crippen molar-refractivity contribution in [3.63, 3.8) is 0 Å². The third kappa shape index (κ3) is 5.16. The molecule has 3 rings (SSSR count). The van der Waals surface area contributed by atoms with Gasteiger partial charge in [0.15, 0.2) is 5.78 Å². The highest BCUT2D eigenvalue weighted by atomic mass is 35.5. The van der Waals surface area contributed by atoms with Crippen molar-refractivity contribution in [2.75, 3.05) is 32.7 Å². The maximum Gasteiger partial charge on any atom is 0.317 e. The normalized spacial score (nSPS) is 18.8. The van der Waals surface area contributed by atoms with E-state index in [4.69, 9.17) is 0 Å². The molecule has 0 radical (unpaired) electrons. The number of piperidine rings is 1. The molecule has 0 bridgehead atoms. The Labute approximate surface area is 154 Å². The Kier molecular flexibility index (Phi) is 7.20. The van der Waals surface area contributed by atoms with Crippen LogP contribution in [0.5, 0.6) is 0 Å². The standard InChI is InChI=1S/C18H24FN3O2.ClH/c19-15-5-3-14(4-6-15)17(23)2-1-10-21-11-7-16(8-12-21)22-13-9-20-18(22)24;/h3-6,16H,1-2,7-13H2,(H,20,24);1H. The number of nitrogens with one attached hydrogen (secondary N) is 1. The summed E-state index contributed by atoms with van der Waals surface area (Å²) in [7, 11) is 0. The molecule has 1 aromatic rings. The van der Waals surface area contributed by atoms with Crippen molar-refractivity contribution < 1.29 is 14.0 Å². The number of hydrogen-bond donors (Lipinski definition) is 1. The van der Waals surface area contributed by atoms with Gasteiger partial charge in [-0.15, -0.1) is 12.4 Å². The maximum atomic E-state index is 12.9. The Hall–Kier alpha value is -1.66. The second kappa shape index (κ2) is 9.15. The van der Waals surface area contributed by atoms with Gasteiger partial charge in [0.1, 0.15) is 5.82 Å². The van der Waals surface area contributed by atoms with Crippen LogP contribution >= 0.6 is 12.4 Å². The highest BCUT2D eigenvalue weighted by Gasteiger charge is 2.30. The summed E-state index contributed by atoms with van der Waals surface area (Å²) in [6, 6.07) is 6.16. The summed E-state index contributed by atoms with van der Waals surface area (Å²) in [5.74, 6) is -0.250. The van der Waals surface area contributed by atoms with Crippen LogP contribution in [0.15, 0.2) is 24.3 Å². The molecule has 0 unspecified atom stereocenters. The summed E-state index contributed by atoms with van der Waals surface area (Å²) >= 11 is 0. The van der Waals surface area contributed by atoms with E-state index in [9.17, 15) is 14.0 Å². The average molecular weight is 370 g/mol. The van der Waals surface area contributed by atoms with Gasteiger partial charge in [-0.1, -0.05) is 0 Å². The summed E-state index contributed by atoms with van der Waals surface area (Å²) in [5, 5.41) is 2.86. The van der Waals surface area contributed by atoms with Crippen LogP contribution in [0.25, 0.3) is 0 Å². The molecule has 0 spiro atoms. The number of amides is 2. The Morgan fingerprint density at radius 1 is 1.16 bits per heavy atom. The molecule has 2 fully saturated rings. The molecule has 0 atom stereocenters. The van der Waals surface area contributed by atoms with Crippen molar-refractivity contribution in [3.05, 3.63) is 35.6 Å². The van der Waals surface area contributed by atoms with Gasteiger partial charge >= 0.3 is 6.03 Å². The molecule has 0 saturated carbocycles. The number of carbonyl (C=O) groups excluding carboxylic acids is 2. The molecular weight excluding hydrogens is 345 g/mol. The Balaban J connectivity index is 0.00000225. The highest BCUT2D eigenvalue weighted by Crippen LogP contribution is 2.18. The molecule has 1 aromatic carbocycles. The van der Waals surface area contributed by atoms with Crippen molar-refractivity contribution in [3.8, 4) is 0 Å². The zero-order chi connectivity index (χ0) is 16.9. The predicted molar refractivity (Wildman–Crippen MR) is 96.8 cm³/mol. The van der Waals surface area contributed by atoms with Crippen molar-refractivity contribution in [1.29, 1.82) is 0 Å². The molecule has 1 N–H and O–H groups in total. The van der Waals surface area contributed by atoms with Crippen LogP contribution in [0, 0.1) is 5.82 Å². The fraction of sp³-hybridized carbons (Fsp3) is 0.556. The predicted octanol–water partition coefficient (Wildman–Crippen LogP) is 2.70. The number of nitrogens with zero attached hydrogens (tertiary/aromatic N) is 2. The Bertz CT molecular complexity index is 588. The number of benzene rings is 1. The lowest BCUT2D eigenvalue weighted by Gasteiger charge is -2.36. The van der Waals surface area contributed by atoms with Crippen LogP contribution in [-0.2, 0) is 0 Å². The molecule has 25 heavy (non-hydrogen) atoms. The molecule has 0 aromatic heterocycles. The molecule has 2 heterocycles. The molecule has 138 valence electrons.